The van der Waals surface area contributed by atoms with Crippen LogP contribution in [-0.4, -0.2) is 24.1 Å². The topological polar surface area (TPSA) is 60.5 Å². The maximum atomic E-state index is 12.1. The van der Waals surface area contributed by atoms with Gasteiger partial charge >= 0.3 is 0 Å². The van der Waals surface area contributed by atoms with E-state index in [0.29, 0.717) is 25.5 Å². The number of thiophene rings is 1. The molecule has 0 bridgehead atoms. The van der Waals surface area contributed by atoms with Crippen molar-refractivity contribution in [1.29, 1.82) is 0 Å². The van der Waals surface area contributed by atoms with E-state index in [-0.39, 0.29) is 5.91 Å². The molecule has 7 heteroatoms. The number of thiazole rings is 1. The smallest absolute Gasteiger partial charge is 0.244 e. The summed E-state index contributed by atoms with van der Waals surface area (Å²) in [4.78, 5) is 18.8. The summed E-state index contributed by atoms with van der Waals surface area (Å²) in [5.41, 5.74) is 1.89. The van der Waals surface area contributed by atoms with E-state index in [2.05, 4.69) is 15.7 Å². The van der Waals surface area contributed by atoms with Gasteiger partial charge in [0.2, 0.25) is 5.91 Å². The van der Waals surface area contributed by atoms with Crippen molar-refractivity contribution in [3.63, 3.8) is 0 Å². The van der Waals surface area contributed by atoms with Gasteiger partial charge in [-0.15, -0.1) is 22.7 Å². The van der Waals surface area contributed by atoms with Crippen LogP contribution >= 0.6 is 22.7 Å². The maximum absolute atomic E-state index is 12.1. The number of nitrogens with zero attached hydrogens (tertiary/aromatic N) is 1. The lowest BCUT2D eigenvalue weighted by Crippen LogP contribution is -2.19. The highest BCUT2D eigenvalue weighted by atomic mass is 32.1. The molecule has 0 radical (unpaired) electrons. The highest BCUT2D eigenvalue weighted by Gasteiger charge is 2.11. The molecule has 1 aromatic carbocycles. The molecule has 3 heterocycles. The molecule has 1 aliphatic heterocycles. The number of aryl methyl sites for hydroxylation is 1. The second-order valence-electron chi connectivity index (χ2n) is 5.97. The second-order valence-corrected chi connectivity index (χ2v) is 8.20. The number of fused-ring (bicyclic) bond motifs is 1. The van der Waals surface area contributed by atoms with Gasteiger partial charge in [-0.1, -0.05) is 6.07 Å². The molecule has 2 aromatic heterocycles. The Morgan fingerprint density at radius 1 is 1.22 bits per heavy atom. The third kappa shape index (κ3) is 4.37. The van der Waals surface area contributed by atoms with Gasteiger partial charge in [-0.2, -0.15) is 0 Å². The molecule has 1 aliphatic rings. The van der Waals surface area contributed by atoms with Gasteiger partial charge in [-0.25, -0.2) is 4.98 Å². The Kier molecular flexibility index (Phi) is 5.22. The average Bonchev–Trinajstić information content (AvgIpc) is 3.33. The predicted octanol–water partition coefficient (Wildman–Crippen LogP) is 4.28. The van der Waals surface area contributed by atoms with E-state index in [1.54, 1.807) is 28.7 Å². The fraction of sp³-hybridized carbons (Fsp3) is 0.200. The fourth-order valence-corrected chi connectivity index (χ4v) is 4.25. The van der Waals surface area contributed by atoms with Crippen molar-refractivity contribution in [3.8, 4) is 22.1 Å². The normalized spacial score (nSPS) is 13.1. The number of amides is 1. The molecule has 5 nitrogen and oxygen atoms in total. The van der Waals surface area contributed by atoms with Gasteiger partial charge in [-0.05, 0) is 42.8 Å². The first-order chi connectivity index (χ1) is 13.2. The number of carbonyl (C=O) groups excluding carboxylic acids is 1. The molecule has 0 atom stereocenters. The number of hydrogen-bond donors (Lipinski definition) is 1. The number of carbonyl (C=O) groups is 1. The summed E-state index contributed by atoms with van der Waals surface area (Å²) < 4.78 is 11.0. The number of aromatic nitrogens is 1. The number of nitrogens with one attached hydrogen (secondary N) is 1. The van der Waals surface area contributed by atoms with Crippen LogP contribution < -0.4 is 14.8 Å². The zero-order chi connectivity index (χ0) is 18.6. The Bertz CT molecular complexity index is 991. The zero-order valence-corrected chi connectivity index (χ0v) is 16.4. The highest BCUT2D eigenvalue weighted by molar-refractivity contribution is 7.16. The molecule has 0 unspecified atom stereocenters. The third-order valence-corrected chi connectivity index (χ3v) is 5.84. The van der Waals surface area contributed by atoms with Gasteiger partial charge in [-0.3, -0.25) is 4.79 Å². The van der Waals surface area contributed by atoms with Crippen LogP contribution in [0.5, 0.6) is 11.5 Å². The van der Waals surface area contributed by atoms with E-state index in [9.17, 15) is 4.79 Å². The van der Waals surface area contributed by atoms with E-state index < -0.39 is 0 Å². The van der Waals surface area contributed by atoms with Crippen LogP contribution in [0.4, 0.5) is 0 Å². The molecule has 1 amide bonds. The van der Waals surface area contributed by atoms with Crippen molar-refractivity contribution in [2.75, 3.05) is 13.2 Å². The van der Waals surface area contributed by atoms with Gasteiger partial charge in [0.15, 0.2) is 11.5 Å². The van der Waals surface area contributed by atoms with Crippen LogP contribution in [0.3, 0.4) is 0 Å². The molecule has 1 N–H and O–H groups in total. The minimum Gasteiger partial charge on any atom is -0.486 e. The molecular formula is C20H18N2O3S2. The van der Waals surface area contributed by atoms with Crippen molar-refractivity contribution in [2.24, 2.45) is 0 Å². The van der Waals surface area contributed by atoms with Gasteiger partial charge in [0.1, 0.15) is 13.2 Å². The standard InChI is InChI=1S/C20H18N2O3S2/c1-13-22-16(12-26-13)19-6-4-15(27-19)11-21-20(23)7-3-14-2-5-17-18(10-14)25-9-8-24-17/h2-7,10,12H,8-9,11H2,1H3,(H,21,23)/b7-3+. The summed E-state index contributed by atoms with van der Waals surface area (Å²) in [5, 5.41) is 6.02. The minimum absolute atomic E-state index is 0.135. The third-order valence-electron chi connectivity index (χ3n) is 3.96. The van der Waals surface area contributed by atoms with Crippen molar-refractivity contribution in [1.82, 2.24) is 10.3 Å². The molecule has 0 spiro atoms. The van der Waals surface area contributed by atoms with E-state index in [0.717, 1.165) is 31.8 Å². The average molecular weight is 399 g/mol. The molecular weight excluding hydrogens is 380 g/mol. The van der Waals surface area contributed by atoms with Gasteiger partial charge < -0.3 is 14.8 Å². The fourth-order valence-electron chi connectivity index (χ4n) is 2.66. The van der Waals surface area contributed by atoms with E-state index in [4.69, 9.17) is 9.47 Å². The lowest BCUT2D eigenvalue weighted by Gasteiger charge is -2.18. The molecule has 27 heavy (non-hydrogen) atoms. The predicted molar refractivity (Wildman–Crippen MR) is 108 cm³/mol. The Balaban J connectivity index is 1.33. The Labute approximate surface area is 165 Å². The second kappa shape index (κ2) is 7.94. The summed E-state index contributed by atoms with van der Waals surface area (Å²) >= 11 is 3.29. The van der Waals surface area contributed by atoms with Crippen LogP contribution in [0, 0.1) is 6.92 Å². The van der Waals surface area contributed by atoms with Gasteiger partial charge in [0.05, 0.1) is 22.1 Å². The van der Waals surface area contributed by atoms with Crippen LogP contribution in [0.15, 0.2) is 41.8 Å². The lowest BCUT2D eigenvalue weighted by molar-refractivity contribution is -0.116. The van der Waals surface area contributed by atoms with Crippen molar-refractivity contribution in [2.45, 2.75) is 13.5 Å². The van der Waals surface area contributed by atoms with Crippen LogP contribution in [-0.2, 0) is 11.3 Å². The maximum Gasteiger partial charge on any atom is 0.244 e. The van der Waals surface area contributed by atoms with Crippen LogP contribution in [0.1, 0.15) is 15.4 Å². The van der Waals surface area contributed by atoms with Crippen LogP contribution in [0.2, 0.25) is 0 Å². The number of rotatable bonds is 5. The minimum atomic E-state index is -0.135. The van der Waals surface area contributed by atoms with E-state index in [1.165, 1.54) is 6.08 Å². The van der Waals surface area contributed by atoms with E-state index in [1.807, 2.05) is 37.3 Å². The van der Waals surface area contributed by atoms with Crippen molar-refractivity contribution >= 4 is 34.7 Å². The summed E-state index contributed by atoms with van der Waals surface area (Å²) in [6.45, 7) is 3.61. The molecule has 3 aromatic rings. The molecule has 0 aliphatic carbocycles. The zero-order valence-electron chi connectivity index (χ0n) is 14.7. The number of benzene rings is 1. The van der Waals surface area contributed by atoms with Gasteiger partial charge in [0, 0.05) is 16.3 Å². The molecule has 0 fully saturated rings. The summed E-state index contributed by atoms with van der Waals surface area (Å²) in [6.07, 6.45) is 3.30. The Morgan fingerprint density at radius 3 is 2.89 bits per heavy atom. The molecule has 138 valence electrons. The molecule has 4 rings (SSSR count). The highest BCUT2D eigenvalue weighted by Crippen LogP contribution is 2.31. The Morgan fingerprint density at radius 2 is 2.07 bits per heavy atom. The van der Waals surface area contributed by atoms with Crippen molar-refractivity contribution in [3.05, 3.63) is 57.2 Å². The number of hydrogen-bond acceptors (Lipinski definition) is 6. The van der Waals surface area contributed by atoms with Gasteiger partial charge in [0.25, 0.3) is 0 Å². The lowest BCUT2D eigenvalue weighted by atomic mass is 10.2. The number of ether oxygens (including phenoxy) is 2. The molecule has 0 saturated carbocycles. The first-order valence-corrected chi connectivity index (χ1v) is 10.2. The monoisotopic (exact) mass is 398 g/mol. The SMILES string of the molecule is Cc1nc(-c2ccc(CNC(=O)/C=C/c3ccc4c(c3)OCCO4)s2)cs1. The quantitative estimate of drug-likeness (QED) is 0.652. The van der Waals surface area contributed by atoms with Crippen LogP contribution in [0.25, 0.3) is 16.6 Å². The van der Waals surface area contributed by atoms with Crippen molar-refractivity contribution < 1.29 is 14.3 Å². The summed E-state index contributed by atoms with van der Waals surface area (Å²) in [6, 6.07) is 9.71. The first-order valence-electron chi connectivity index (χ1n) is 8.54. The largest absolute Gasteiger partial charge is 0.486 e. The van der Waals surface area contributed by atoms with E-state index >= 15 is 0 Å². The first kappa shape index (κ1) is 17.8. The summed E-state index contributed by atoms with van der Waals surface area (Å²) in [7, 11) is 0. The molecule has 0 saturated heterocycles. The summed E-state index contributed by atoms with van der Waals surface area (Å²) in [5.74, 6) is 1.32. The Hall–Kier alpha value is -2.64.